The number of amides is 1. The second-order valence-electron chi connectivity index (χ2n) is 5.17. The van der Waals surface area contributed by atoms with Gasteiger partial charge in [0.2, 0.25) is 5.91 Å². The Morgan fingerprint density at radius 1 is 1.30 bits per heavy atom. The van der Waals surface area contributed by atoms with Gasteiger partial charge >= 0.3 is 0 Å². The zero-order chi connectivity index (χ0) is 13.9. The first-order valence-corrected chi connectivity index (χ1v) is 6.90. The van der Waals surface area contributed by atoms with Gasteiger partial charge in [-0.25, -0.2) is 4.98 Å². The van der Waals surface area contributed by atoms with Crippen LogP contribution < -0.4 is 16.4 Å². The SMILES string of the molecule is Nc1ccc2nc(NCCC(=O)NC3CC3)ccc2c1. The number of carbonyl (C=O) groups excluding carboxylic acids is 1. The molecule has 1 saturated carbocycles. The molecule has 0 bridgehead atoms. The molecule has 1 heterocycles. The number of rotatable bonds is 5. The van der Waals surface area contributed by atoms with E-state index in [1.54, 1.807) is 0 Å². The minimum absolute atomic E-state index is 0.105. The Morgan fingerprint density at radius 2 is 2.15 bits per heavy atom. The van der Waals surface area contributed by atoms with Crippen LogP contribution in [0.4, 0.5) is 11.5 Å². The van der Waals surface area contributed by atoms with Crippen molar-refractivity contribution in [1.29, 1.82) is 0 Å². The number of nitrogens with two attached hydrogens (primary N) is 1. The van der Waals surface area contributed by atoms with Gasteiger partial charge in [-0.05, 0) is 43.2 Å². The van der Waals surface area contributed by atoms with E-state index in [4.69, 9.17) is 5.73 Å². The first kappa shape index (κ1) is 12.7. The van der Waals surface area contributed by atoms with Crippen LogP contribution in [0.2, 0.25) is 0 Å². The highest BCUT2D eigenvalue weighted by atomic mass is 16.1. The van der Waals surface area contributed by atoms with Crippen LogP contribution in [0, 0.1) is 0 Å². The standard InChI is InChI=1S/C15H18N4O/c16-11-2-5-13-10(9-11)1-6-14(19-13)17-8-7-15(20)18-12-3-4-12/h1-2,5-6,9,12H,3-4,7-8,16H2,(H,17,19)(H,18,20). The minimum atomic E-state index is 0.105. The molecule has 1 aliphatic rings. The fourth-order valence-corrected chi connectivity index (χ4v) is 2.07. The Morgan fingerprint density at radius 3 is 2.95 bits per heavy atom. The zero-order valence-electron chi connectivity index (χ0n) is 11.2. The molecule has 0 saturated heterocycles. The highest BCUT2D eigenvalue weighted by Crippen LogP contribution is 2.19. The summed E-state index contributed by atoms with van der Waals surface area (Å²) in [5, 5.41) is 7.15. The molecule has 0 spiro atoms. The van der Waals surface area contributed by atoms with E-state index in [9.17, 15) is 4.79 Å². The molecule has 2 aromatic rings. The third-order valence-electron chi connectivity index (χ3n) is 3.31. The van der Waals surface area contributed by atoms with E-state index in [2.05, 4.69) is 15.6 Å². The maximum absolute atomic E-state index is 11.5. The summed E-state index contributed by atoms with van der Waals surface area (Å²) in [6.45, 7) is 0.589. The molecule has 20 heavy (non-hydrogen) atoms. The Hall–Kier alpha value is -2.30. The fourth-order valence-electron chi connectivity index (χ4n) is 2.07. The van der Waals surface area contributed by atoms with E-state index in [1.807, 2.05) is 30.3 Å². The van der Waals surface area contributed by atoms with Gasteiger partial charge in [-0.3, -0.25) is 4.79 Å². The number of aromatic nitrogens is 1. The van der Waals surface area contributed by atoms with Crippen LogP contribution in [0.5, 0.6) is 0 Å². The average molecular weight is 270 g/mol. The van der Waals surface area contributed by atoms with E-state index in [-0.39, 0.29) is 5.91 Å². The third kappa shape index (κ3) is 3.17. The average Bonchev–Trinajstić information content (AvgIpc) is 3.23. The normalized spacial score (nSPS) is 14.2. The van der Waals surface area contributed by atoms with E-state index in [1.165, 1.54) is 0 Å². The van der Waals surface area contributed by atoms with Crippen molar-refractivity contribution in [1.82, 2.24) is 10.3 Å². The lowest BCUT2D eigenvalue weighted by Gasteiger charge is -2.07. The summed E-state index contributed by atoms with van der Waals surface area (Å²) in [6.07, 6.45) is 2.71. The lowest BCUT2D eigenvalue weighted by Crippen LogP contribution is -2.27. The topological polar surface area (TPSA) is 80.0 Å². The summed E-state index contributed by atoms with van der Waals surface area (Å²) in [5.41, 5.74) is 7.36. The predicted octanol–water partition coefficient (Wildman–Crippen LogP) is 1.90. The van der Waals surface area contributed by atoms with Gasteiger partial charge in [0.1, 0.15) is 5.82 Å². The summed E-state index contributed by atoms with van der Waals surface area (Å²) in [4.78, 5) is 16.0. The number of benzene rings is 1. The Labute approximate surface area is 117 Å². The van der Waals surface area contributed by atoms with E-state index in [0.717, 1.165) is 35.2 Å². The van der Waals surface area contributed by atoms with Gasteiger partial charge in [0.05, 0.1) is 5.52 Å². The van der Waals surface area contributed by atoms with Gasteiger partial charge < -0.3 is 16.4 Å². The molecule has 104 valence electrons. The molecule has 1 aliphatic carbocycles. The monoisotopic (exact) mass is 270 g/mol. The molecule has 0 atom stereocenters. The molecule has 1 amide bonds. The highest BCUT2D eigenvalue weighted by Gasteiger charge is 2.22. The third-order valence-corrected chi connectivity index (χ3v) is 3.31. The van der Waals surface area contributed by atoms with Crippen LogP contribution in [0.1, 0.15) is 19.3 Å². The van der Waals surface area contributed by atoms with Gasteiger partial charge in [-0.2, -0.15) is 0 Å². The number of nitrogen functional groups attached to an aromatic ring is 1. The Bertz CT molecular complexity index is 637. The molecule has 3 rings (SSSR count). The molecular formula is C15H18N4O. The maximum Gasteiger partial charge on any atom is 0.221 e. The predicted molar refractivity (Wildman–Crippen MR) is 80.4 cm³/mol. The van der Waals surface area contributed by atoms with Crippen molar-refractivity contribution in [3.05, 3.63) is 30.3 Å². The number of hydrogen-bond acceptors (Lipinski definition) is 4. The van der Waals surface area contributed by atoms with Crippen molar-refractivity contribution in [2.75, 3.05) is 17.6 Å². The van der Waals surface area contributed by atoms with Crippen LogP contribution in [-0.4, -0.2) is 23.5 Å². The van der Waals surface area contributed by atoms with Gasteiger partial charge in [-0.15, -0.1) is 0 Å². The molecule has 4 N–H and O–H groups in total. The number of nitrogens with zero attached hydrogens (tertiary/aromatic N) is 1. The molecule has 0 unspecified atom stereocenters. The number of fused-ring (bicyclic) bond motifs is 1. The van der Waals surface area contributed by atoms with Crippen LogP contribution in [-0.2, 0) is 4.79 Å². The smallest absolute Gasteiger partial charge is 0.221 e. The Kier molecular flexibility index (Phi) is 3.41. The highest BCUT2D eigenvalue weighted by molar-refractivity contribution is 5.83. The van der Waals surface area contributed by atoms with Gasteiger partial charge in [0.25, 0.3) is 0 Å². The fraction of sp³-hybridized carbons (Fsp3) is 0.333. The number of carbonyl (C=O) groups is 1. The molecule has 1 fully saturated rings. The van der Waals surface area contributed by atoms with E-state index < -0.39 is 0 Å². The molecule has 1 aromatic carbocycles. The van der Waals surface area contributed by atoms with Crippen molar-refractivity contribution < 1.29 is 4.79 Å². The Balaban J connectivity index is 1.56. The summed E-state index contributed by atoms with van der Waals surface area (Å²) >= 11 is 0. The molecule has 1 aromatic heterocycles. The van der Waals surface area contributed by atoms with Crippen molar-refractivity contribution in [3.63, 3.8) is 0 Å². The number of pyridine rings is 1. The first-order valence-electron chi connectivity index (χ1n) is 6.90. The van der Waals surface area contributed by atoms with Gasteiger partial charge in [-0.1, -0.05) is 0 Å². The largest absolute Gasteiger partial charge is 0.399 e. The molecule has 5 heteroatoms. The lowest BCUT2D eigenvalue weighted by atomic mass is 10.2. The summed E-state index contributed by atoms with van der Waals surface area (Å²) in [6, 6.07) is 9.94. The van der Waals surface area contributed by atoms with Gasteiger partial charge in [0, 0.05) is 30.1 Å². The van der Waals surface area contributed by atoms with Crippen LogP contribution >= 0.6 is 0 Å². The number of hydrogen-bond donors (Lipinski definition) is 3. The molecule has 5 nitrogen and oxygen atoms in total. The van der Waals surface area contributed by atoms with Crippen molar-refractivity contribution in [2.45, 2.75) is 25.3 Å². The summed E-state index contributed by atoms with van der Waals surface area (Å²) < 4.78 is 0. The summed E-state index contributed by atoms with van der Waals surface area (Å²) in [5.74, 6) is 0.884. The van der Waals surface area contributed by atoms with Gasteiger partial charge in [0.15, 0.2) is 0 Å². The zero-order valence-corrected chi connectivity index (χ0v) is 11.2. The quantitative estimate of drug-likeness (QED) is 0.725. The van der Waals surface area contributed by atoms with Crippen LogP contribution in [0.3, 0.4) is 0 Å². The van der Waals surface area contributed by atoms with Crippen molar-refractivity contribution in [3.8, 4) is 0 Å². The van der Waals surface area contributed by atoms with Crippen LogP contribution in [0.25, 0.3) is 10.9 Å². The van der Waals surface area contributed by atoms with Crippen LogP contribution in [0.15, 0.2) is 30.3 Å². The maximum atomic E-state index is 11.5. The van der Waals surface area contributed by atoms with E-state index in [0.29, 0.717) is 19.0 Å². The van der Waals surface area contributed by atoms with Crippen molar-refractivity contribution in [2.24, 2.45) is 0 Å². The first-order chi connectivity index (χ1) is 9.70. The number of nitrogens with one attached hydrogen (secondary N) is 2. The second-order valence-corrected chi connectivity index (χ2v) is 5.17. The second kappa shape index (κ2) is 5.36. The van der Waals surface area contributed by atoms with E-state index >= 15 is 0 Å². The lowest BCUT2D eigenvalue weighted by molar-refractivity contribution is -0.120. The molecule has 0 radical (unpaired) electrons. The summed E-state index contributed by atoms with van der Waals surface area (Å²) in [7, 11) is 0. The molecular weight excluding hydrogens is 252 g/mol. The molecule has 0 aliphatic heterocycles. The minimum Gasteiger partial charge on any atom is -0.399 e. The van der Waals surface area contributed by atoms with Crippen molar-refractivity contribution >= 4 is 28.3 Å². The number of anilines is 2.